The van der Waals surface area contributed by atoms with E-state index in [1.54, 1.807) is 0 Å². The van der Waals surface area contributed by atoms with Crippen LogP contribution in [0.25, 0.3) is 0 Å². The van der Waals surface area contributed by atoms with Crippen LogP contribution >= 0.6 is 0 Å². The van der Waals surface area contributed by atoms with Crippen LogP contribution in [0.15, 0.2) is 0 Å². The fraction of sp³-hybridized carbons (Fsp3) is 0.750. The van der Waals surface area contributed by atoms with Crippen LogP contribution in [0.2, 0.25) is 0 Å². The number of rotatable bonds is 2. The fourth-order valence-corrected chi connectivity index (χ4v) is 1.72. The van der Waals surface area contributed by atoms with E-state index in [9.17, 15) is 0 Å². The highest BCUT2D eigenvalue weighted by molar-refractivity contribution is 5.82. The van der Waals surface area contributed by atoms with Crippen LogP contribution < -0.4 is 11.5 Å². The molecule has 1 fully saturated rings. The van der Waals surface area contributed by atoms with Crippen molar-refractivity contribution in [3.8, 4) is 0 Å². The van der Waals surface area contributed by atoms with E-state index in [-0.39, 0.29) is 23.5 Å². The fourth-order valence-electron chi connectivity index (χ4n) is 1.72. The van der Waals surface area contributed by atoms with Crippen molar-refractivity contribution in [3.05, 3.63) is 0 Å². The van der Waals surface area contributed by atoms with Gasteiger partial charge in [-0.3, -0.25) is 10.8 Å². The van der Waals surface area contributed by atoms with E-state index in [0.717, 1.165) is 25.7 Å². The van der Waals surface area contributed by atoms with Gasteiger partial charge in [-0.25, -0.2) is 0 Å². The molecule has 1 rings (SSSR count). The molecule has 0 atom stereocenters. The molecular formula is C8H16N4. The van der Waals surface area contributed by atoms with Gasteiger partial charge in [0.25, 0.3) is 0 Å². The summed E-state index contributed by atoms with van der Waals surface area (Å²) in [6.45, 7) is 0. The maximum Gasteiger partial charge on any atom is 0.0936 e. The summed E-state index contributed by atoms with van der Waals surface area (Å²) >= 11 is 0. The van der Waals surface area contributed by atoms with E-state index >= 15 is 0 Å². The van der Waals surface area contributed by atoms with Crippen LogP contribution in [-0.2, 0) is 0 Å². The van der Waals surface area contributed by atoms with Crippen LogP contribution in [-0.4, -0.2) is 11.7 Å². The first-order valence-corrected chi connectivity index (χ1v) is 4.29. The van der Waals surface area contributed by atoms with Crippen molar-refractivity contribution in [2.45, 2.75) is 25.7 Å². The van der Waals surface area contributed by atoms with E-state index in [2.05, 4.69) is 0 Å². The number of hydrogen-bond donors (Lipinski definition) is 4. The zero-order valence-corrected chi connectivity index (χ0v) is 7.14. The topological polar surface area (TPSA) is 99.7 Å². The van der Waals surface area contributed by atoms with Crippen molar-refractivity contribution < 1.29 is 0 Å². The van der Waals surface area contributed by atoms with Crippen molar-refractivity contribution in [1.82, 2.24) is 0 Å². The molecule has 0 aliphatic heterocycles. The Morgan fingerprint density at radius 1 is 0.833 bits per heavy atom. The van der Waals surface area contributed by atoms with Crippen LogP contribution in [0.3, 0.4) is 0 Å². The average Bonchev–Trinajstić information content (AvgIpc) is 2.04. The molecule has 4 heteroatoms. The van der Waals surface area contributed by atoms with Gasteiger partial charge in [-0.15, -0.1) is 0 Å². The lowest BCUT2D eigenvalue weighted by Gasteiger charge is -2.26. The minimum Gasteiger partial charge on any atom is -0.387 e. The van der Waals surface area contributed by atoms with Crippen LogP contribution in [0.4, 0.5) is 0 Å². The maximum absolute atomic E-state index is 7.25. The van der Waals surface area contributed by atoms with Gasteiger partial charge in [0.15, 0.2) is 0 Å². The van der Waals surface area contributed by atoms with Gasteiger partial charge in [0.1, 0.15) is 0 Å². The van der Waals surface area contributed by atoms with E-state index in [0.29, 0.717) is 0 Å². The zero-order chi connectivity index (χ0) is 9.14. The van der Waals surface area contributed by atoms with Gasteiger partial charge in [-0.2, -0.15) is 0 Å². The monoisotopic (exact) mass is 168 g/mol. The molecule has 1 aliphatic rings. The van der Waals surface area contributed by atoms with E-state index < -0.39 is 0 Å². The highest BCUT2D eigenvalue weighted by Crippen LogP contribution is 2.28. The van der Waals surface area contributed by atoms with Crippen LogP contribution in [0, 0.1) is 22.7 Å². The summed E-state index contributed by atoms with van der Waals surface area (Å²) in [4.78, 5) is 0. The molecule has 0 radical (unpaired) electrons. The third-order valence-corrected chi connectivity index (χ3v) is 2.61. The first-order chi connectivity index (χ1) is 5.61. The third kappa shape index (κ3) is 1.96. The largest absolute Gasteiger partial charge is 0.387 e. The van der Waals surface area contributed by atoms with Crippen molar-refractivity contribution in [1.29, 1.82) is 10.8 Å². The number of nitrogens with two attached hydrogens (primary N) is 2. The Balaban J connectivity index is 2.39. The molecule has 1 saturated carbocycles. The smallest absolute Gasteiger partial charge is 0.0936 e. The Hall–Kier alpha value is -1.06. The normalized spacial score (nSPS) is 29.7. The second-order valence-corrected chi connectivity index (χ2v) is 3.46. The number of nitrogens with one attached hydrogen (secondary N) is 2. The van der Waals surface area contributed by atoms with E-state index in [1.165, 1.54) is 0 Å². The van der Waals surface area contributed by atoms with Gasteiger partial charge in [-0.05, 0) is 25.7 Å². The van der Waals surface area contributed by atoms with Crippen molar-refractivity contribution in [2.75, 3.05) is 0 Å². The summed E-state index contributed by atoms with van der Waals surface area (Å²) in [7, 11) is 0. The lowest BCUT2D eigenvalue weighted by molar-refractivity contribution is 0.383. The maximum atomic E-state index is 7.25. The van der Waals surface area contributed by atoms with Crippen molar-refractivity contribution in [3.63, 3.8) is 0 Å². The Morgan fingerprint density at radius 3 is 1.25 bits per heavy atom. The van der Waals surface area contributed by atoms with Crippen LogP contribution in [0.5, 0.6) is 0 Å². The van der Waals surface area contributed by atoms with Gasteiger partial charge < -0.3 is 11.5 Å². The average molecular weight is 168 g/mol. The molecule has 12 heavy (non-hydrogen) atoms. The molecule has 4 nitrogen and oxygen atoms in total. The Morgan fingerprint density at radius 2 is 1.08 bits per heavy atom. The Bertz CT molecular complexity index is 169. The SMILES string of the molecule is N=C(N)[C@H]1CC[C@H](C(=N)N)CC1. The lowest BCUT2D eigenvalue weighted by atomic mass is 9.81. The molecule has 0 aromatic rings. The molecule has 1 aliphatic carbocycles. The summed E-state index contributed by atoms with van der Waals surface area (Å²) in [6, 6.07) is 0. The van der Waals surface area contributed by atoms with Gasteiger partial charge in [0.05, 0.1) is 11.7 Å². The third-order valence-electron chi connectivity index (χ3n) is 2.61. The van der Waals surface area contributed by atoms with E-state index in [1.807, 2.05) is 0 Å². The van der Waals surface area contributed by atoms with E-state index in [4.69, 9.17) is 22.3 Å². The van der Waals surface area contributed by atoms with Gasteiger partial charge in [0, 0.05) is 11.8 Å². The molecular weight excluding hydrogens is 152 g/mol. The van der Waals surface area contributed by atoms with Gasteiger partial charge in [-0.1, -0.05) is 0 Å². The summed E-state index contributed by atoms with van der Waals surface area (Å²) < 4.78 is 0. The van der Waals surface area contributed by atoms with Crippen LogP contribution in [0.1, 0.15) is 25.7 Å². The molecule has 0 aromatic carbocycles. The quantitative estimate of drug-likeness (QED) is 0.360. The first-order valence-electron chi connectivity index (χ1n) is 4.29. The summed E-state index contributed by atoms with van der Waals surface area (Å²) in [6.07, 6.45) is 3.66. The minimum atomic E-state index is 0.237. The molecule has 0 spiro atoms. The molecule has 0 amide bonds. The molecule has 0 bridgehead atoms. The minimum absolute atomic E-state index is 0.237. The molecule has 68 valence electrons. The summed E-state index contributed by atoms with van der Waals surface area (Å²) in [5.41, 5.74) is 10.8. The predicted molar refractivity (Wildman–Crippen MR) is 49.3 cm³/mol. The lowest BCUT2D eigenvalue weighted by Crippen LogP contribution is -2.31. The first kappa shape index (κ1) is 9.03. The number of amidine groups is 2. The Labute approximate surface area is 72.3 Å². The summed E-state index contributed by atoms with van der Waals surface area (Å²) in [5, 5.41) is 14.5. The van der Waals surface area contributed by atoms with Crippen molar-refractivity contribution in [2.24, 2.45) is 23.3 Å². The molecule has 0 heterocycles. The number of hydrogen-bond acceptors (Lipinski definition) is 2. The van der Waals surface area contributed by atoms with Crippen molar-refractivity contribution >= 4 is 11.7 Å². The molecule has 0 aromatic heterocycles. The highest BCUT2D eigenvalue weighted by Gasteiger charge is 2.24. The highest BCUT2D eigenvalue weighted by atomic mass is 14.7. The second kappa shape index (κ2) is 3.56. The van der Waals surface area contributed by atoms with Gasteiger partial charge in [0.2, 0.25) is 0 Å². The predicted octanol–water partition coefficient (Wildman–Crippen LogP) is 0.665. The molecule has 0 saturated heterocycles. The zero-order valence-electron chi connectivity index (χ0n) is 7.14. The standard InChI is InChI=1S/C8H16N4/c9-7(10)5-1-2-6(4-3-5)8(11)12/h5-6H,1-4H2,(H3,9,10)(H3,11,12)/t5-,6-. The van der Waals surface area contributed by atoms with Gasteiger partial charge >= 0.3 is 0 Å². The molecule has 6 N–H and O–H groups in total. The Kier molecular flexibility index (Phi) is 2.68. The second-order valence-electron chi connectivity index (χ2n) is 3.46. The molecule has 0 unspecified atom stereocenters. The summed E-state index contributed by atoms with van der Waals surface area (Å²) in [5.74, 6) is 1.05.